The van der Waals surface area contributed by atoms with Crippen molar-refractivity contribution in [3.63, 3.8) is 0 Å². The first-order valence-corrected chi connectivity index (χ1v) is 5.08. The number of benzene rings is 1. The van der Waals surface area contributed by atoms with Crippen molar-refractivity contribution in [2.75, 3.05) is 5.43 Å². The van der Waals surface area contributed by atoms with Crippen LogP contribution in [-0.4, -0.2) is 4.98 Å². The normalized spacial score (nSPS) is 10.1. The quantitative estimate of drug-likeness (QED) is 0.605. The molecule has 0 spiro atoms. The Hall–Kier alpha value is -1.54. The van der Waals surface area contributed by atoms with Crippen LogP contribution in [0.2, 0.25) is 10.0 Å². The highest BCUT2D eigenvalue weighted by molar-refractivity contribution is 6.45. The molecule has 0 amide bonds. The van der Waals surface area contributed by atoms with Crippen LogP contribution in [0.3, 0.4) is 0 Å². The lowest BCUT2D eigenvalue weighted by Crippen LogP contribution is -2.09. The van der Waals surface area contributed by atoms with E-state index in [-0.39, 0.29) is 0 Å². The first-order valence-electron chi connectivity index (χ1n) is 4.32. The number of nitrogen functional groups attached to an aromatic ring is 1. The molecule has 1 aromatic heterocycles. The fraction of sp³-hybridized carbons (Fsp3) is 0. The molecule has 0 aliphatic heterocycles. The second-order valence-electron chi connectivity index (χ2n) is 3.06. The monoisotopic (exact) mass is 252 g/mol. The van der Waals surface area contributed by atoms with Gasteiger partial charge in [-0.1, -0.05) is 23.2 Å². The van der Waals surface area contributed by atoms with Crippen molar-refractivity contribution in [1.82, 2.24) is 4.98 Å². The topological polar surface area (TPSA) is 74.7 Å². The van der Waals surface area contributed by atoms with Crippen LogP contribution >= 0.6 is 23.2 Å². The number of anilines is 1. The second kappa shape index (κ2) is 4.14. The molecular formula is C10H6Cl2N4. The SMILES string of the molecule is N#Cc1cnc2c(Cl)c(Cl)ccc2c1NN. The van der Waals surface area contributed by atoms with E-state index in [1.807, 2.05) is 6.07 Å². The van der Waals surface area contributed by atoms with E-state index in [1.54, 1.807) is 12.1 Å². The molecule has 1 heterocycles. The largest absolute Gasteiger partial charge is 0.322 e. The molecule has 0 fully saturated rings. The van der Waals surface area contributed by atoms with Crippen molar-refractivity contribution in [3.8, 4) is 6.07 Å². The molecule has 4 nitrogen and oxygen atoms in total. The van der Waals surface area contributed by atoms with Gasteiger partial charge < -0.3 is 5.43 Å². The van der Waals surface area contributed by atoms with Crippen molar-refractivity contribution in [3.05, 3.63) is 33.9 Å². The number of hydrazine groups is 1. The molecule has 80 valence electrons. The summed E-state index contributed by atoms with van der Waals surface area (Å²) in [5.41, 5.74) is 3.83. The highest BCUT2D eigenvalue weighted by Gasteiger charge is 2.11. The van der Waals surface area contributed by atoms with Gasteiger partial charge in [-0.3, -0.25) is 10.8 Å². The first kappa shape index (κ1) is 11.0. The lowest BCUT2D eigenvalue weighted by molar-refractivity contribution is 1.31. The third-order valence-corrected chi connectivity index (χ3v) is 2.99. The van der Waals surface area contributed by atoms with Crippen LogP contribution in [0.1, 0.15) is 5.56 Å². The number of hydrogen-bond donors (Lipinski definition) is 2. The van der Waals surface area contributed by atoms with Crippen LogP contribution in [-0.2, 0) is 0 Å². The summed E-state index contributed by atoms with van der Waals surface area (Å²) in [7, 11) is 0. The molecule has 0 unspecified atom stereocenters. The van der Waals surface area contributed by atoms with Gasteiger partial charge in [0.05, 0.1) is 26.8 Å². The maximum Gasteiger partial charge on any atom is 0.103 e. The highest BCUT2D eigenvalue weighted by Crippen LogP contribution is 2.33. The summed E-state index contributed by atoms with van der Waals surface area (Å²) < 4.78 is 0. The van der Waals surface area contributed by atoms with Gasteiger partial charge in [0.15, 0.2) is 0 Å². The van der Waals surface area contributed by atoms with Crippen molar-refractivity contribution >= 4 is 39.8 Å². The predicted octanol–water partition coefficient (Wildman–Crippen LogP) is 2.70. The van der Waals surface area contributed by atoms with E-state index < -0.39 is 0 Å². The molecule has 16 heavy (non-hydrogen) atoms. The zero-order valence-electron chi connectivity index (χ0n) is 7.96. The van der Waals surface area contributed by atoms with Gasteiger partial charge in [-0.25, -0.2) is 0 Å². The maximum absolute atomic E-state index is 8.89. The Labute approximate surface area is 102 Å². The number of nitriles is 1. The number of aromatic nitrogens is 1. The van der Waals surface area contributed by atoms with Gasteiger partial charge in [0, 0.05) is 11.6 Å². The molecule has 0 bridgehead atoms. The molecule has 0 saturated carbocycles. The Morgan fingerprint density at radius 2 is 2.12 bits per heavy atom. The zero-order chi connectivity index (χ0) is 11.7. The molecule has 3 N–H and O–H groups in total. The van der Waals surface area contributed by atoms with Gasteiger partial charge >= 0.3 is 0 Å². The summed E-state index contributed by atoms with van der Waals surface area (Å²) in [6, 6.07) is 5.34. The number of nitrogens with two attached hydrogens (primary N) is 1. The third-order valence-electron chi connectivity index (χ3n) is 2.20. The van der Waals surface area contributed by atoms with E-state index in [0.29, 0.717) is 32.2 Å². The average Bonchev–Trinajstić information content (AvgIpc) is 2.32. The van der Waals surface area contributed by atoms with Crippen LogP contribution < -0.4 is 11.3 Å². The lowest BCUT2D eigenvalue weighted by atomic mass is 10.1. The standard InChI is InChI=1S/C10H6Cl2N4/c11-7-2-1-6-9(16-14)5(3-13)4-15-10(6)8(7)12/h1-2,4H,14H2,(H,15,16). The van der Waals surface area contributed by atoms with E-state index in [2.05, 4.69) is 10.4 Å². The Bertz CT molecular complexity index is 604. The van der Waals surface area contributed by atoms with Gasteiger partial charge in [-0.05, 0) is 12.1 Å². The average molecular weight is 253 g/mol. The molecule has 2 rings (SSSR count). The molecular weight excluding hydrogens is 247 g/mol. The Kier molecular flexibility index (Phi) is 2.84. The maximum atomic E-state index is 8.89. The summed E-state index contributed by atoms with van der Waals surface area (Å²) in [5.74, 6) is 5.38. The molecule has 0 saturated heterocycles. The number of pyridine rings is 1. The Balaban J connectivity index is 2.91. The van der Waals surface area contributed by atoms with Gasteiger partial charge in [0.2, 0.25) is 0 Å². The Morgan fingerprint density at radius 1 is 1.38 bits per heavy atom. The fourth-order valence-corrected chi connectivity index (χ4v) is 1.81. The van der Waals surface area contributed by atoms with Crippen molar-refractivity contribution in [2.24, 2.45) is 5.84 Å². The van der Waals surface area contributed by atoms with Crippen LogP contribution in [0.5, 0.6) is 0 Å². The van der Waals surface area contributed by atoms with E-state index in [4.69, 9.17) is 34.3 Å². The summed E-state index contributed by atoms with van der Waals surface area (Å²) in [6.45, 7) is 0. The van der Waals surface area contributed by atoms with Gasteiger partial charge in [-0.2, -0.15) is 5.26 Å². The summed E-state index contributed by atoms with van der Waals surface area (Å²) >= 11 is 11.9. The minimum absolute atomic E-state index is 0.347. The molecule has 0 atom stereocenters. The number of halogens is 2. The summed E-state index contributed by atoms with van der Waals surface area (Å²) in [6.07, 6.45) is 1.40. The molecule has 0 aliphatic rings. The lowest BCUT2D eigenvalue weighted by Gasteiger charge is -2.08. The summed E-state index contributed by atoms with van der Waals surface area (Å²) in [4.78, 5) is 4.09. The molecule has 6 heteroatoms. The van der Waals surface area contributed by atoms with Crippen molar-refractivity contribution in [2.45, 2.75) is 0 Å². The fourth-order valence-electron chi connectivity index (χ4n) is 1.45. The van der Waals surface area contributed by atoms with Gasteiger partial charge in [0.1, 0.15) is 6.07 Å². The van der Waals surface area contributed by atoms with Crippen LogP contribution in [0.4, 0.5) is 5.69 Å². The highest BCUT2D eigenvalue weighted by atomic mass is 35.5. The summed E-state index contributed by atoms with van der Waals surface area (Å²) in [5, 5.41) is 10.3. The van der Waals surface area contributed by atoms with Crippen LogP contribution in [0.25, 0.3) is 10.9 Å². The van der Waals surface area contributed by atoms with Crippen molar-refractivity contribution < 1.29 is 0 Å². The molecule has 0 radical (unpaired) electrons. The number of rotatable bonds is 1. The van der Waals surface area contributed by atoms with E-state index in [9.17, 15) is 0 Å². The number of fused-ring (bicyclic) bond motifs is 1. The predicted molar refractivity (Wildman–Crippen MR) is 64.3 cm³/mol. The minimum atomic E-state index is 0.347. The minimum Gasteiger partial charge on any atom is -0.322 e. The number of nitrogens with one attached hydrogen (secondary N) is 1. The van der Waals surface area contributed by atoms with Crippen LogP contribution in [0, 0.1) is 11.3 Å². The second-order valence-corrected chi connectivity index (χ2v) is 3.85. The Morgan fingerprint density at radius 3 is 2.75 bits per heavy atom. The van der Waals surface area contributed by atoms with E-state index in [1.165, 1.54) is 6.20 Å². The van der Waals surface area contributed by atoms with E-state index >= 15 is 0 Å². The van der Waals surface area contributed by atoms with Crippen LogP contribution in [0.15, 0.2) is 18.3 Å². The third kappa shape index (κ3) is 1.55. The zero-order valence-corrected chi connectivity index (χ0v) is 9.47. The number of nitrogens with zero attached hydrogens (tertiary/aromatic N) is 2. The smallest absolute Gasteiger partial charge is 0.103 e. The molecule has 0 aliphatic carbocycles. The van der Waals surface area contributed by atoms with E-state index in [0.717, 1.165) is 0 Å². The number of hydrogen-bond acceptors (Lipinski definition) is 4. The molecule has 2 aromatic rings. The van der Waals surface area contributed by atoms with Gasteiger partial charge in [0.25, 0.3) is 0 Å². The first-order chi connectivity index (χ1) is 7.69. The van der Waals surface area contributed by atoms with Gasteiger partial charge in [-0.15, -0.1) is 0 Å². The molecule has 1 aromatic carbocycles. The van der Waals surface area contributed by atoms with Crippen molar-refractivity contribution in [1.29, 1.82) is 5.26 Å².